The molecule has 0 spiro atoms. The molecule has 0 radical (unpaired) electrons. The minimum absolute atomic E-state index is 0.0408. The van der Waals surface area contributed by atoms with Crippen molar-refractivity contribution in [2.45, 2.75) is 39.2 Å². The lowest BCUT2D eigenvalue weighted by Gasteiger charge is -2.25. The molecular formula is C14H20FN3O3. The number of carbonyl (C=O) groups excluding carboxylic acids is 1. The third kappa shape index (κ3) is 4.14. The average molecular weight is 297 g/mol. The Labute approximate surface area is 122 Å². The Morgan fingerprint density at radius 1 is 1.43 bits per heavy atom. The van der Waals surface area contributed by atoms with Crippen molar-refractivity contribution in [3.63, 3.8) is 0 Å². The van der Waals surface area contributed by atoms with Gasteiger partial charge in [0.1, 0.15) is 5.56 Å². The lowest BCUT2D eigenvalue weighted by molar-refractivity contribution is -0.385. The Morgan fingerprint density at radius 2 is 2.05 bits per heavy atom. The number of anilines is 1. The molecule has 0 aliphatic heterocycles. The number of nitro benzene ring substituents is 1. The van der Waals surface area contributed by atoms with Gasteiger partial charge in [0.05, 0.1) is 16.7 Å². The van der Waals surface area contributed by atoms with Gasteiger partial charge < -0.3 is 10.6 Å². The molecule has 0 aliphatic carbocycles. The number of halogens is 1. The van der Waals surface area contributed by atoms with Gasteiger partial charge in [-0.25, -0.2) is 4.39 Å². The molecule has 0 heterocycles. The SMILES string of the molecule is CCCC(C)(C)NC(=O)c1cc(NC)c(F)cc1[N+](=O)[O-]. The van der Waals surface area contributed by atoms with Crippen LogP contribution in [-0.2, 0) is 0 Å². The summed E-state index contributed by atoms with van der Waals surface area (Å²) in [6.45, 7) is 5.65. The topological polar surface area (TPSA) is 84.3 Å². The van der Waals surface area contributed by atoms with E-state index in [9.17, 15) is 19.3 Å². The number of amides is 1. The molecule has 0 aromatic heterocycles. The Bertz CT molecular complexity index is 559. The summed E-state index contributed by atoms with van der Waals surface area (Å²) in [7, 11) is 1.48. The average Bonchev–Trinajstić information content (AvgIpc) is 2.37. The fourth-order valence-corrected chi connectivity index (χ4v) is 2.15. The molecule has 6 nitrogen and oxygen atoms in total. The predicted molar refractivity (Wildman–Crippen MR) is 79.1 cm³/mol. The van der Waals surface area contributed by atoms with Crippen LogP contribution >= 0.6 is 0 Å². The third-order valence-corrected chi connectivity index (χ3v) is 3.12. The number of benzene rings is 1. The lowest BCUT2D eigenvalue weighted by Crippen LogP contribution is -2.43. The first-order valence-electron chi connectivity index (χ1n) is 6.70. The molecule has 7 heteroatoms. The normalized spacial score (nSPS) is 11.1. The fraction of sp³-hybridized carbons (Fsp3) is 0.500. The van der Waals surface area contributed by atoms with E-state index in [-0.39, 0.29) is 11.3 Å². The van der Waals surface area contributed by atoms with Crippen LogP contribution in [0.4, 0.5) is 15.8 Å². The highest BCUT2D eigenvalue weighted by Crippen LogP contribution is 2.26. The van der Waals surface area contributed by atoms with Crippen LogP contribution in [0.25, 0.3) is 0 Å². The fourth-order valence-electron chi connectivity index (χ4n) is 2.15. The van der Waals surface area contributed by atoms with Crippen LogP contribution in [0.15, 0.2) is 12.1 Å². The molecular weight excluding hydrogens is 277 g/mol. The summed E-state index contributed by atoms with van der Waals surface area (Å²) in [6.07, 6.45) is 1.59. The maximum Gasteiger partial charge on any atom is 0.285 e. The maximum atomic E-state index is 13.6. The van der Waals surface area contributed by atoms with E-state index >= 15 is 0 Å². The molecule has 0 saturated carbocycles. The van der Waals surface area contributed by atoms with E-state index in [4.69, 9.17) is 0 Å². The molecule has 2 N–H and O–H groups in total. The van der Waals surface area contributed by atoms with E-state index in [0.717, 1.165) is 25.0 Å². The molecule has 1 aromatic carbocycles. The molecule has 21 heavy (non-hydrogen) atoms. The second kappa shape index (κ2) is 6.51. The van der Waals surface area contributed by atoms with Gasteiger partial charge in [-0.2, -0.15) is 0 Å². The number of hydrogen-bond acceptors (Lipinski definition) is 4. The van der Waals surface area contributed by atoms with Crippen molar-refractivity contribution in [2.24, 2.45) is 0 Å². The highest BCUT2D eigenvalue weighted by Gasteiger charge is 2.27. The van der Waals surface area contributed by atoms with Crippen molar-refractivity contribution in [1.82, 2.24) is 5.32 Å². The summed E-state index contributed by atoms with van der Waals surface area (Å²) in [6, 6.07) is 1.92. The third-order valence-electron chi connectivity index (χ3n) is 3.12. The van der Waals surface area contributed by atoms with Gasteiger partial charge in [0.25, 0.3) is 11.6 Å². The number of nitrogens with zero attached hydrogens (tertiary/aromatic N) is 1. The van der Waals surface area contributed by atoms with E-state index in [1.165, 1.54) is 7.05 Å². The van der Waals surface area contributed by atoms with Crippen molar-refractivity contribution in [3.05, 3.63) is 33.6 Å². The Hall–Kier alpha value is -2.18. The first kappa shape index (κ1) is 16.9. The standard InChI is InChI=1S/C14H20FN3O3/c1-5-6-14(2,3)17-13(19)9-7-11(16-4)10(15)8-12(9)18(20)21/h7-8,16H,5-6H2,1-4H3,(H,17,19). The summed E-state index contributed by atoms with van der Waals surface area (Å²) in [4.78, 5) is 22.5. The highest BCUT2D eigenvalue weighted by atomic mass is 19.1. The highest BCUT2D eigenvalue weighted by molar-refractivity contribution is 5.99. The van der Waals surface area contributed by atoms with E-state index in [1.54, 1.807) is 0 Å². The van der Waals surface area contributed by atoms with Gasteiger partial charge in [-0.05, 0) is 26.3 Å². The van der Waals surface area contributed by atoms with Crippen LogP contribution in [0.3, 0.4) is 0 Å². The zero-order valence-electron chi connectivity index (χ0n) is 12.6. The van der Waals surface area contributed by atoms with Crippen molar-refractivity contribution in [2.75, 3.05) is 12.4 Å². The minimum Gasteiger partial charge on any atom is -0.386 e. The van der Waals surface area contributed by atoms with Gasteiger partial charge in [0.15, 0.2) is 5.82 Å². The summed E-state index contributed by atoms with van der Waals surface area (Å²) in [5, 5.41) is 16.3. The quantitative estimate of drug-likeness (QED) is 0.624. The predicted octanol–water partition coefficient (Wildman–Crippen LogP) is 3.08. The summed E-state index contributed by atoms with van der Waals surface area (Å²) in [5.41, 5.74) is -1.15. The molecule has 116 valence electrons. The number of hydrogen-bond donors (Lipinski definition) is 2. The second-order valence-corrected chi connectivity index (χ2v) is 5.44. The van der Waals surface area contributed by atoms with Crippen molar-refractivity contribution < 1.29 is 14.1 Å². The monoisotopic (exact) mass is 297 g/mol. The number of rotatable bonds is 6. The molecule has 1 aromatic rings. The molecule has 0 bridgehead atoms. The van der Waals surface area contributed by atoms with E-state index in [1.807, 2.05) is 20.8 Å². The first-order chi connectivity index (χ1) is 9.71. The number of carbonyl (C=O) groups is 1. The van der Waals surface area contributed by atoms with E-state index in [0.29, 0.717) is 0 Å². The van der Waals surface area contributed by atoms with Crippen LogP contribution in [0.5, 0.6) is 0 Å². The van der Waals surface area contributed by atoms with Gasteiger partial charge in [-0.3, -0.25) is 14.9 Å². The van der Waals surface area contributed by atoms with Gasteiger partial charge >= 0.3 is 0 Å². The van der Waals surface area contributed by atoms with Crippen molar-refractivity contribution in [3.8, 4) is 0 Å². The summed E-state index contributed by atoms with van der Waals surface area (Å²) < 4.78 is 13.6. The van der Waals surface area contributed by atoms with Gasteiger partial charge in [0.2, 0.25) is 0 Å². The Kier molecular flexibility index (Phi) is 5.23. The molecule has 0 saturated heterocycles. The Morgan fingerprint density at radius 3 is 2.52 bits per heavy atom. The lowest BCUT2D eigenvalue weighted by atomic mass is 9.98. The number of nitro groups is 1. The Balaban J connectivity index is 3.21. The molecule has 0 fully saturated rings. The summed E-state index contributed by atoms with van der Waals surface area (Å²) in [5.74, 6) is -1.36. The van der Waals surface area contributed by atoms with Crippen LogP contribution < -0.4 is 10.6 Å². The first-order valence-corrected chi connectivity index (χ1v) is 6.70. The zero-order chi connectivity index (χ0) is 16.2. The van der Waals surface area contributed by atoms with Crippen molar-refractivity contribution >= 4 is 17.3 Å². The molecule has 0 aliphatic rings. The number of nitrogens with one attached hydrogen (secondary N) is 2. The largest absolute Gasteiger partial charge is 0.386 e. The van der Waals surface area contributed by atoms with Gasteiger partial charge in [-0.1, -0.05) is 13.3 Å². The maximum absolute atomic E-state index is 13.6. The summed E-state index contributed by atoms with van der Waals surface area (Å²) >= 11 is 0. The molecule has 1 amide bonds. The van der Waals surface area contributed by atoms with Crippen LogP contribution in [0.2, 0.25) is 0 Å². The van der Waals surface area contributed by atoms with Gasteiger partial charge in [-0.15, -0.1) is 0 Å². The van der Waals surface area contributed by atoms with Crippen LogP contribution in [0.1, 0.15) is 44.0 Å². The van der Waals surface area contributed by atoms with Crippen LogP contribution in [-0.4, -0.2) is 23.4 Å². The minimum atomic E-state index is -0.770. The molecule has 1 rings (SSSR count). The van der Waals surface area contributed by atoms with Crippen LogP contribution in [0, 0.1) is 15.9 Å². The van der Waals surface area contributed by atoms with Gasteiger partial charge in [0, 0.05) is 12.6 Å². The van der Waals surface area contributed by atoms with Crippen molar-refractivity contribution in [1.29, 1.82) is 0 Å². The zero-order valence-corrected chi connectivity index (χ0v) is 12.6. The second-order valence-electron chi connectivity index (χ2n) is 5.44. The molecule has 0 atom stereocenters. The van der Waals surface area contributed by atoms with E-state index < -0.39 is 27.9 Å². The van der Waals surface area contributed by atoms with E-state index in [2.05, 4.69) is 10.6 Å². The smallest absolute Gasteiger partial charge is 0.285 e. The molecule has 0 unspecified atom stereocenters.